The molecule has 4 heterocycles. The molecule has 2 atom stereocenters. The van der Waals surface area contributed by atoms with Crippen LogP contribution < -0.4 is 9.46 Å². The molecule has 8 rings (SSSR count). The van der Waals surface area contributed by atoms with Crippen LogP contribution >= 0.6 is 0 Å². The SMILES string of the molecule is COc1ccc2c(c1)C1CC1(C(=O)N1CCC(c3nnc(C(C)C)o3)CC1)Cn1c-2c(C2CCCCC2)c2ccc(C(=O)NS(=O)(=O)C(C)C)cc21. The largest absolute Gasteiger partial charge is 0.497 e. The van der Waals surface area contributed by atoms with Crippen molar-refractivity contribution in [2.45, 2.75) is 115 Å². The molecule has 2 aromatic heterocycles. The lowest BCUT2D eigenvalue weighted by Crippen LogP contribution is -2.44. The van der Waals surface area contributed by atoms with Crippen LogP contribution in [0.1, 0.15) is 136 Å². The summed E-state index contributed by atoms with van der Waals surface area (Å²) in [6, 6.07) is 11.8. The van der Waals surface area contributed by atoms with Crippen LogP contribution in [-0.2, 0) is 21.4 Å². The second kappa shape index (κ2) is 13.0. The molecule has 12 heteroatoms. The van der Waals surface area contributed by atoms with Gasteiger partial charge in [-0.1, -0.05) is 39.2 Å². The number of hydrogen-bond donors (Lipinski definition) is 1. The molecular weight excluding hydrogens is 679 g/mol. The maximum atomic E-state index is 14.9. The van der Waals surface area contributed by atoms with E-state index in [-0.39, 0.29) is 29.2 Å². The van der Waals surface area contributed by atoms with Gasteiger partial charge in [0.05, 0.1) is 23.5 Å². The molecule has 11 nitrogen and oxygen atoms in total. The number of nitrogens with zero attached hydrogens (tertiary/aromatic N) is 4. The van der Waals surface area contributed by atoms with Gasteiger partial charge in [-0.15, -0.1) is 10.2 Å². The third-order valence-electron chi connectivity index (χ3n) is 12.1. The van der Waals surface area contributed by atoms with E-state index in [0.29, 0.717) is 37.3 Å². The molecule has 2 aliphatic heterocycles. The van der Waals surface area contributed by atoms with Crippen LogP contribution in [0, 0.1) is 5.41 Å². The lowest BCUT2D eigenvalue weighted by Gasteiger charge is -2.34. The lowest BCUT2D eigenvalue weighted by atomic mass is 9.81. The van der Waals surface area contributed by atoms with Gasteiger partial charge in [0.2, 0.25) is 27.7 Å². The zero-order valence-corrected chi connectivity index (χ0v) is 31.6. The van der Waals surface area contributed by atoms with Crippen molar-refractivity contribution in [3.63, 3.8) is 0 Å². The summed E-state index contributed by atoms with van der Waals surface area (Å²) >= 11 is 0. The van der Waals surface area contributed by atoms with Gasteiger partial charge in [-0.2, -0.15) is 0 Å². The van der Waals surface area contributed by atoms with E-state index < -0.39 is 26.6 Å². The summed E-state index contributed by atoms with van der Waals surface area (Å²) in [5, 5.41) is 8.90. The van der Waals surface area contributed by atoms with Gasteiger partial charge in [0.25, 0.3) is 5.91 Å². The van der Waals surface area contributed by atoms with Gasteiger partial charge >= 0.3 is 0 Å². The Hall–Kier alpha value is -4.19. The number of ether oxygens (including phenoxy) is 1. The van der Waals surface area contributed by atoms with Crippen molar-refractivity contribution in [3.05, 3.63) is 64.9 Å². The minimum Gasteiger partial charge on any atom is -0.497 e. The maximum absolute atomic E-state index is 14.9. The summed E-state index contributed by atoms with van der Waals surface area (Å²) in [4.78, 5) is 30.4. The number of likely N-dealkylation sites (tertiary alicyclic amines) is 1. The van der Waals surface area contributed by atoms with Gasteiger partial charge in [-0.25, -0.2) is 13.1 Å². The predicted octanol–water partition coefficient (Wildman–Crippen LogP) is 7.23. The molecule has 0 bridgehead atoms. The predicted molar refractivity (Wildman–Crippen MR) is 198 cm³/mol. The quantitative estimate of drug-likeness (QED) is 0.201. The highest BCUT2D eigenvalue weighted by Crippen LogP contribution is 2.66. The molecule has 2 saturated carbocycles. The topological polar surface area (TPSA) is 137 Å². The van der Waals surface area contributed by atoms with E-state index >= 15 is 0 Å². The van der Waals surface area contributed by atoms with E-state index in [0.717, 1.165) is 78.4 Å². The molecule has 276 valence electrons. The van der Waals surface area contributed by atoms with Crippen LogP contribution in [0.15, 0.2) is 40.8 Å². The molecule has 52 heavy (non-hydrogen) atoms. The van der Waals surface area contributed by atoms with Crippen molar-refractivity contribution in [3.8, 4) is 17.0 Å². The third-order valence-corrected chi connectivity index (χ3v) is 13.9. The lowest BCUT2D eigenvalue weighted by molar-refractivity contribution is -0.139. The molecule has 0 radical (unpaired) electrons. The second-order valence-electron chi connectivity index (χ2n) is 16.0. The number of methoxy groups -OCH3 is 1. The maximum Gasteiger partial charge on any atom is 0.264 e. The smallest absolute Gasteiger partial charge is 0.264 e. The number of nitrogens with one attached hydrogen (secondary N) is 1. The number of fused-ring (bicyclic) bond motifs is 7. The van der Waals surface area contributed by atoms with Gasteiger partial charge in [-0.05, 0) is 93.3 Å². The van der Waals surface area contributed by atoms with Crippen molar-refractivity contribution in [2.75, 3.05) is 20.2 Å². The first-order chi connectivity index (χ1) is 24.9. The fraction of sp³-hybridized carbons (Fsp3) is 0.550. The van der Waals surface area contributed by atoms with Crippen molar-refractivity contribution in [2.24, 2.45) is 5.41 Å². The third kappa shape index (κ3) is 5.81. The highest BCUT2D eigenvalue weighted by molar-refractivity contribution is 7.90. The van der Waals surface area contributed by atoms with Crippen molar-refractivity contribution in [1.29, 1.82) is 0 Å². The Labute approximate surface area is 305 Å². The van der Waals surface area contributed by atoms with Crippen LogP contribution in [-0.4, -0.2) is 65.3 Å². The fourth-order valence-corrected chi connectivity index (χ4v) is 9.63. The summed E-state index contributed by atoms with van der Waals surface area (Å²) < 4.78 is 41.7. The summed E-state index contributed by atoms with van der Waals surface area (Å²) in [7, 11) is -2.14. The number of carbonyl (C=O) groups excluding carboxylic acids is 2. The Morgan fingerprint density at radius 1 is 0.962 bits per heavy atom. The van der Waals surface area contributed by atoms with Gasteiger partial charge in [-0.3, -0.25) is 9.59 Å². The molecular formula is C40H49N5O6S. The zero-order valence-electron chi connectivity index (χ0n) is 30.8. The average molecular weight is 728 g/mol. The molecule has 0 spiro atoms. The van der Waals surface area contributed by atoms with E-state index in [4.69, 9.17) is 9.15 Å². The molecule has 1 N–H and O–H groups in total. The van der Waals surface area contributed by atoms with Crippen LogP contribution in [0.4, 0.5) is 0 Å². The minimum atomic E-state index is -3.82. The number of rotatable bonds is 8. The Morgan fingerprint density at radius 3 is 2.38 bits per heavy atom. The summed E-state index contributed by atoms with van der Waals surface area (Å²) in [5.41, 5.74) is 5.11. The zero-order chi connectivity index (χ0) is 36.5. The van der Waals surface area contributed by atoms with Crippen LogP contribution in [0.3, 0.4) is 0 Å². The van der Waals surface area contributed by atoms with E-state index in [1.165, 1.54) is 12.0 Å². The highest BCUT2D eigenvalue weighted by Gasteiger charge is 2.64. The number of amides is 2. The minimum absolute atomic E-state index is 0.0178. The molecule has 4 aromatic rings. The molecule has 2 unspecified atom stereocenters. The number of carbonyl (C=O) groups is 2. The summed E-state index contributed by atoms with van der Waals surface area (Å²) in [6.45, 7) is 8.88. The monoisotopic (exact) mass is 727 g/mol. The number of hydrogen-bond acceptors (Lipinski definition) is 8. The molecule has 2 aromatic carbocycles. The normalized spacial score (nSPS) is 22.2. The average Bonchev–Trinajstić information content (AvgIpc) is 3.52. The second-order valence-corrected chi connectivity index (χ2v) is 18.2. The van der Waals surface area contributed by atoms with Gasteiger partial charge in [0, 0.05) is 59.4 Å². The molecule has 3 fully saturated rings. The molecule has 4 aliphatic rings. The van der Waals surface area contributed by atoms with Crippen molar-refractivity contribution >= 4 is 32.7 Å². The molecule has 2 aliphatic carbocycles. The number of sulfonamides is 1. The Kier molecular flexibility index (Phi) is 8.74. The number of aromatic nitrogens is 3. The number of benzene rings is 2. The van der Waals surface area contributed by atoms with Gasteiger partial charge in [0.15, 0.2) is 0 Å². The van der Waals surface area contributed by atoms with Crippen LogP contribution in [0.2, 0.25) is 0 Å². The number of piperidine rings is 1. The Morgan fingerprint density at radius 2 is 1.71 bits per heavy atom. The van der Waals surface area contributed by atoms with Gasteiger partial charge in [0.1, 0.15) is 5.75 Å². The van der Waals surface area contributed by atoms with Crippen LogP contribution in [0.5, 0.6) is 5.75 Å². The Bertz CT molecular complexity index is 2160. The highest BCUT2D eigenvalue weighted by atomic mass is 32.2. The molecule has 1 saturated heterocycles. The Balaban J connectivity index is 1.21. The first-order valence-electron chi connectivity index (χ1n) is 18.9. The first kappa shape index (κ1) is 34.9. The van der Waals surface area contributed by atoms with Crippen molar-refractivity contribution < 1.29 is 27.2 Å². The van der Waals surface area contributed by atoms with E-state index in [2.05, 4.69) is 31.6 Å². The van der Waals surface area contributed by atoms with E-state index in [1.807, 2.05) is 36.9 Å². The first-order valence-corrected chi connectivity index (χ1v) is 20.5. The van der Waals surface area contributed by atoms with Crippen LogP contribution in [0.25, 0.3) is 22.2 Å². The molecule has 2 amide bonds. The fourth-order valence-electron chi connectivity index (χ4n) is 9.02. The van der Waals surface area contributed by atoms with Crippen molar-refractivity contribution in [1.82, 2.24) is 24.4 Å². The summed E-state index contributed by atoms with van der Waals surface area (Å²) in [6.07, 6.45) is 7.93. The van der Waals surface area contributed by atoms with E-state index in [9.17, 15) is 18.0 Å². The van der Waals surface area contributed by atoms with Gasteiger partial charge < -0.3 is 18.6 Å². The standard InChI is InChI=1S/C40H49N5O6S/c1-23(2)37-41-42-38(51-37)26-15-17-44(18-16-26)39(47)40-21-32(40)31-20-28(50-5)12-14-29(31)35-34(25-9-7-6-8-10-25)30-13-11-27(19-33(30)45(35)22-40)36(46)43-52(48,49)24(3)4/h11-14,19-20,23-26,32H,6-10,15-18,21-22H2,1-5H3,(H,43,46). The van der Waals surface area contributed by atoms with E-state index in [1.54, 1.807) is 27.0 Å². The summed E-state index contributed by atoms with van der Waals surface area (Å²) in [5.74, 6) is 2.22.